The van der Waals surface area contributed by atoms with Gasteiger partial charge in [0.2, 0.25) is 0 Å². The van der Waals surface area contributed by atoms with Gasteiger partial charge in [-0.3, -0.25) is 14.5 Å². The monoisotopic (exact) mass is 277 g/mol. The minimum atomic E-state index is -0.603. The number of rotatable bonds is 4. The fourth-order valence-electron chi connectivity index (χ4n) is 3.28. The number of carbonyl (C=O) groups excluding carboxylic acids is 2. The topological polar surface area (TPSA) is 50.5 Å². The highest BCUT2D eigenvalue weighted by Gasteiger charge is 2.41. The molecule has 20 heavy (non-hydrogen) atoms. The minimum absolute atomic E-state index is 0.101. The van der Waals surface area contributed by atoms with Crippen molar-refractivity contribution in [2.24, 2.45) is 0 Å². The van der Waals surface area contributed by atoms with E-state index in [9.17, 15) is 9.59 Å². The van der Waals surface area contributed by atoms with Gasteiger partial charge in [-0.05, 0) is 59.1 Å². The SMILES string of the molecule is CC1(C)CCCC(C)(C)N1Cc1ccc(C(=O)C=O)o1. The third kappa shape index (κ3) is 2.85. The fourth-order valence-corrected chi connectivity index (χ4v) is 3.28. The van der Waals surface area contributed by atoms with E-state index in [1.165, 1.54) is 6.42 Å². The molecule has 0 N–H and O–H groups in total. The van der Waals surface area contributed by atoms with Crippen LogP contribution in [-0.2, 0) is 11.3 Å². The molecular formula is C16H23NO3. The molecule has 0 aliphatic carbocycles. The van der Waals surface area contributed by atoms with Crippen molar-refractivity contribution >= 4 is 12.1 Å². The Morgan fingerprint density at radius 2 is 1.85 bits per heavy atom. The van der Waals surface area contributed by atoms with Crippen molar-refractivity contribution in [3.8, 4) is 0 Å². The summed E-state index contributed by atoms with van der Waals surface area (Å²) in [5.74, 6) is 0.259. The van der Waals surface area contributed by atoms with Gasteiger partial charge in [-0.15, -0.1) is 0 Å². The Balaban J connectivity index is 2.20. The summed E-state index contributed by atoms with van der Waals surface area (Å²) in [6.45, 7) is 9.64. The molecule has 2 rings (SSSR count). The molecule has 4 nitrogen and oxygen atoms in total. The van der Waals surface area contributed by atoms with Gasteiger partial charge in [-0.1, -0.05) is 0 Å². The zero-order chi connectivity index (χ0) is 15.0. The number of carbonyl (C=O) groups is 2. The number of aldehydes is 1. The highest BCUT2D eigenvalue weighted by Crippen LogP contribution is 2.39. The molecule has 0 aromatic carbocycles. The smallest absolute Gasteiger partial charge is 0.260 e. The first kappa shape index (κ1) is 15.0. The summed E-state index contributed by atoms with van der Waals surface area (Å²) in [6.07, 6.45) is 3.81. The van der Waals surface area contributed by atoms with Crippen LogP contribution in [0.4, 0.5) is 0 Å². The summed E-state index contributed by atoms with van der Waals surface area (Å²) in [5, 5.41) is 0. The fraction of sp³-hybridized carbons (Fsp3) is 0.625. The molecule has 1 aromatic heterocycles. The molecule has 110 valence electrons. The molecule has 0 radical (unpaired) electrons. The van der Waals surface area contributed by atoms with Crippen molar-refractivity contribution in [1.29, 1.82) is 0 Å². The molecule has 1 fully saturated rings. The number of hydrogen-bond donors (Lipinski definition) is 0. The standard InChI is InChI=1S/C16H23NO3/c1-15(2)8-5-9-16(3,4)17(15)10-12-6-7-14(20-12)13(19)11-18/h6-7,11H,5,8-10H2,1-4H3. The lowest BCUT2D eigenvalue weighted by Crippen LogP contribution is -2.57. The van der Waals surface area contributed by atoms with E-state index in [0.717, 1.165) is 18.6 Å². The lowest BCUT2D eigenvalue weighted by atomic mass is 9.80. The van der Waals surface area contributed by atoms with Crippen LogP contribution in [0.5, 0.6) is 0 Å². The van der Waals surface area contributed by atoms with Crippen molar-refractivity contribution in [2.45, 2.75) is 64.6 Å². The number of likely N-dealkylation sites (tertiary alicyclic amines) is 1. The van der Waals surface area contributed by atoms with E-state index in [2.05, 4.69) is 32.6 Å². The molecule has 1 saturated heterocycles. The summed E-state index contributed by atoms with van der Waals surface area (Å²) in [4.78, 5) is 24.2. The molecule has 2 heterocycles. The molecule has 0 saturated carbocycles. The number of nitrogens with zero attached hydrogens (tertiary/aromatic N) is 1. The molecule has 1 aliphatic heterocycles. The maximum absolute atomic E-state index is 11.3. The maximum atomic E-state index is 11.3. The first-order chi connectivity index (χ1) is 9.26. The average molecular weight is 277 g/mol. The molecule has 0 amide bonds. The summed E-state index contributed by atoms with van der Waals surface area (Å²) >= 11 is 0. The summed E-state index contributed by atoms with van der Waals surface area (Å²) in [6, 6.07) is 3.37. The van der Waals surface area contributed by atoms with Crippen LogP contribution in [0.15, 0.2) is 16.5 Å². The van der Waals surface area contributed by atoms with E-state index >= 15 is 0 Å². The van der Waals surface area contributed by atoms with E-state index in [-0.39, 0.29) is 23.1 Å². The molecular weight excluding hydrogens is 254 g/mol. The van der Waals surface area contributed by atoms with Gasteiger partial charge in [0.25, 0.3) is 5.78 Å². The Kier molecular flexibility index (Phi) is 3.87. The van der Waals surface area contributed by atoms with Crippen molar-refractivity contribution in [3.05, 3.63) is 23.7 Å². The quantitative estimate of drug-likeness (QED) is 0.482. The van der Waals surface area contributed by atoms with E-state index in [1.807, 2.05) is 0 Å². The third-order valence-electron chi connectivity index (χ3n) is 4.36. The zero-order valence-corrected chi connectivity index (χ0v) is 12.7. The average Bonchev–Trinajstić information content (AvgIpc) is 2.81. The summed E-state index contributed by atoms with van der Waals surface area (Å²) in [7, 11) is 0. The second-order valence-corrected chi connectivity index (χ2v) is 6.81. The van der Waals surface area contributed by atoms with Crippen LogP contribution >= 0.6 is 0 Å². The van der Waals surface area contributed by atoms with Gasteiger partial charge in [0.1, 0.15) is 5.76 Å². The van der Waals surface area contributed by atoms with Crippen molar-refractivity contribution in [3.63, 3.8) is 0 Å². The Bertz CT molecular complexity index is 498. The molecule has 0 unspecified atom stereocenters. The minimum Gasteiger partial charge on any atom is -0.456 e. The van der Waals surface area contributed by atoms with Crippen LogP contribution in [0, 0.1) is 0 Å². The van der Waals surface area contributed by atoms with Crippen LogP contribution in [0.2, 0.25) is 0 Å². The first-order valence-electron chi connectivity index (χ1n) is 7.12. The Morgan fingerprint density at radius 1 is 1.25 bits per heavy atom. The molecule has 0 spiro atoms. The van der Waals surface area contributed by atoms with Crippen LogP contribution in [-0.4, -0.2) is 28.0 Å². The molecule has 1 aliphatic rings. The van der Waals surface area contributed by atoms with Crippen LogP contribution in [0.3, 0.4) is 0 Å². The van der Waals surface area contributed by atoms with E-state index < -0.39 is 5.78 Å². The zero-order valence-electron chi connectivity index (χ0n) is 12.7. The molecule has 0 atom stereocenters. The first-order valence-corrected chi connectivity index (χ1v) is 7.12. The Morgan fingerprint density at radius 3 is 2.40 bits per heavy atom. The summed E-state index contributed by atoms with van der Waals surface area (Å²) in [5.41, 5.74) is 0.201. The number of ketones is 1. The number of piperidine rings is 1. The van der Waals surface area contributed by atoms with Crippen molar-refractivity contribution in [1.82, 2.24) is 4.90 Å². The highest BCUT2D eigenvalue weighted by molar-refractivity contribution is 6.32. The van der Waals surface area contributed by atoms with Crippen LogP contribution in [0.25, 0.3) is 0 Å². The Labute approximate surface area is 120 Å². The van der Waals surface area contributed by atoms with E-state index in [0.29, 0.717) is 6.54 Å². The van der Waals surface area contributed by atoms with Crippen molar-refractivity contribution in [2.75, 3.05) is 0 Å². The predicted octanol–water partition coefficient (Wildman–Crippen LogP) is 3.20. The molecule has 0 bridgehead atoms. The number of hydrogen-bond acceptors (Lipinski definition) is 4. The van der Waals surface area contributed by atoms with E-state index in [1.54, 1.807) is 12.1 Å². The van der Waals surface area contributed by atoms with Gasteiger partial charge in [0.15, 0.2) is 12.0 Å². The number of Topliss-reactive ketones (excluding diaryl/α,β-unsaturated/α-hetero) is 1. The largest absolute Gasteiger partial charge is 0.456 e. The van der Waals surface area contributed by atoms with Gasteiger partial charge in [-0.25, -0.2) is 0 Å². The lowest BCUT2D eigenvalue weighted by Gasteiger charge is -2.52. The van der Waals surface area contributed by atoms with Gasteiger partial charge in [-0.2, -0.15) is 0 Å². The van der Waals surface area contributed by atoms with Gasteiger partial charge in [0, 0.05) is 11.1 Å². The van der Waals surface area contributed by atoms with E-state index in [4.69, 9.17) is 4.42 Å². The summed E-state index contributed by atoms with van der Waals surface area (Å²) < 4.78 is 5.50. The second kappa shape index (κ2) is 5.17. The third-order valence-corrected chi connectivity index (χ3v) is 4.36. The lowest BCUT2D eigenvalue weighted by molar-refractivity contribution is -0.104. The number of furan rings is 1. The maximum Gasteiger partial charge on any atom is 0.260 e. The Hall–Kier alpha value is -1.42. The van der Waals surface area contributed by atoms with Crippen LogP contribution in [0.1, 0.15) is 63.3 Å². The highest BCUT2D eigenvalue weighted by atomic mass is 16.3. The van der Waals surface area contributed by atoms with Gasteiger partial charge >= 0.3 is 0 Å². The normalized spacial score (nSPS) is 21.6. The molecule has 1 aromatic rings. The van der Waals surface area contributed by atoms with Crippen molar-refractivity contribution < 1.29 is 14.0 Å². The van der Waals surface area contributed by atoms with Crippen LogP contribution < -0.4 is 0 Å². The van der Waals surface area contributed by atoms with Gasteiger partial charge < -0.3 is 4.42 Å². The molecule has 4 heteroatoms. The van der Waals surface area contributed by atoms with Gasteiger partial charge in [0.05, 0.1) is 6.54 Å². The second-order valence-electron chi connectivity index (χ2n) is 6.81. The predicted molar refractivity (Wildman–Crippen MR) is 76.7 cm³/mol.